The summed E-state index contributed by atoms with van der Waals surface area (Å²) in [4.78, 5) is 58.1. The number of aliphatic hydroxyl groups excluding tert-OH is 1. The summed E-state index contributed by atoms with van der Waals surface area (Å²) in [6, 6.07) is -3.64. The Balaban J connectivity index is 4.76. The van der Waals surface area contributed by atoms with Gasteiger partial charge in [-0.05, 0) is 25.7 Å². The summed E-state index contributed by atoms with van der Waals surface area (Å²) in [7, 11) is 0. The van der Waals surface area contributed by atoms with Crippen LogP contribution >= 0.6 is 0 Å². The van der Waals surface area contributed by atoms with E-state index < -0.39 is 60.4 Å². The molecule has 4 amide bonds. The Morgan fingerprint density at radius 1 is 1.00 bits per heavy atom. The maximum Gasteiger partial charge on any atom is 0.326 e. The molecule has 0 saturated carbocycles. The van der Waals surface area contributed by atoms with Crippen molar-refractivity contribution in [2.75, 3.05) is 6.54 Å². The number of hydrogen-bond donors (Lipinski definition) is 7. The summed E-state index contributed by atoms with van der Waals surface area (Å²) in [5.41, 5.74) is 10.5. The fourth-order valence-corrected chi connectivity index (χ4v) is 2.31. The van der Waals surface area contributed by atoms with Gasteiger partial charge in [0.1, 0.15) is 12.1 Å². The van der Waals surface area contributed by atoms with Crippen LogP contribution in [0.3, 0.4) is 0 Å². The molecule has 0 bridgehead atoms. The third-order valence-corrected chi connectivity index (χ3v) is 3.86. The highest BCUT2D eigenvalue weighted by Crippen LogP contribution is 2.06. The molecule has 12 heteroatoms. The minimum Gasteiger partial charge on any atom is -0.480 e. The third-order valence-electron chi connectivity index (χ3n) is 3.86. The van der Waals surface area contributed by atoms with Crippen LogP contribution in [0.15, 0.2) is 0 Å². The zero-order chi connectivity index (χ0) is 22.7. The predicted molar refractivity (Wildman–Crippen MR) is 102 cm³/mol. The van der Waals surface area contributed by atoms with Crippen LogP contribution in [-0.4, -0.2) is 70.6 Å². The van der Waals surface area contributed by atoms with Gasteiger partial charge in [-0.3, -0.25) is 19.2 Å². The number of primary amides is 1. The number of carboxylic acids is 1. The Hall–Kier alpha value is -2.73. The van der Waals surface area contributed by atoms with Crippen LogP contribution in [0.25, 0.3) is 0 Å². The summed E-state index contributed by atoms with van der Waals surface area (Å²) in [5.74, 6) is -4.22. The highest BCUT2D eigenvalue weighted by atomic mass is 16.4. The first-order valence-electron chi connectivity index (χ1n) is 9.17. The topological polar surface area (TPSA) is 214 Å². The van der Waals surface area contributed by atoms with Gasteiger partial charge in [0.2, 0.25) is 23.6 Å². The number of carboxylic acid groups (broad SMARTS) is 1. The van der Waals surface area contributed by atoms with Crippen LogP contribution in [-0.2, 0) is 24.0 Å². The fraction of sp³-hybridized carbons (Fsp3) is 0.706. The number of aliphatic carboxylic acids is 1. The molecule has 0 fully saturated rings. The minimum absolute atomic E-state index is 0.00786. The van der Waals surface area contributed by atoms with Crippen molar-refractivity contribution in [3.8, 4) is 0 Å². The van der Waals surface area contributed by atoms with Gasteiger partial charge >= 0.3 is 5.97 Å². The molecule has 0 aliphatic rings. The molecule has 0 saturated heterocycles. The fourth-order valence-electron chi connectivity index (χ4n) is 2.31. The molecular formula is C17H31N5O7. The Labute approximate surface area is 168 Å². The van der Waals surface area contributed by atoms with Gasteiger partial charge in [-0.25, -0.2) is 4.79 Å². The first-order chi connectivity index (χ1) is 13.3. The van der Waals surface area contributed by atoms with E-state index in [1.807, 2.05) is 0 Å². The van der Waals surface area contributed by atoms with Crippen molar-refractivity contribution in [2.45, 2.75) is 64.3 Å². The highest BCUT2D eigenvalue weighted by Gasteiger charge is 2.30. The lowest BCUT2D eigenvalue weighted by molar-refractivity contribution is -0.143. The minimum atomic E-state index is -1.42. The lowest BCUT2D eigenvalue weighted by Crippen LogP contribution is -2.57. The molecule has 166 valence electrons. The number of amides is 4. The smallest absolute Gasteiger partial charge is 0.326 e. The van der Waals surface area contributed by atoms with Crippen LogP contribution in [0.1, 0.15) is 40.0 Å². The average Bonchev–Trinajstić information content (AvgIpc) is 2.60. The molecule has 0 aromatic carbocycles. The second-order valence-electron chi connectivity index (χ2n) is 7.14. The van der Waals surface area contributed by atoms with Crippen molar-refractivity contribution < 1.29 is 34.2 Å². The van der Waals surface area contributed by atoms with Crippen molar-refractivity contribution in [2.24, 2.45) is 17.4 Å². The molecule has 9 N–H and O–H groups in total. The number of nitrogens with one attached hydrogen (secondary N) is 3. The van der Waals surface area contributed by atoms with Crippen LogP contribution in [0.5, 0.6) is 0 Å². The SMILES string of the molecule is CC(C)CC(NC(=O)C(NC(=O)CNC(=O)C(N)CCC(N)=O)C(C)O)C(=O)O. The maximum atomic E-state index is 12.3. The van der Waals surface area contributed by atoms with E-state index in [1.165, 1.54) is 6.92 Å². The standard InChI is InChI=1S/C17H31N5O7/c1-8(2)6-11(17(28)29)21-16(27)14(9(3)23)22-13(25)7-20-15(26)10(18)4-5-12(19)24/h8-11,14,23H,4-7,18H2,1-3H3,(H2,19,24)(H,20,26)(H,21,27)(H,22,25)(H,28,29). The van der Waals surface area contributed by atoms with Crippen molar-refractivity contribution in [1.82, 2.24) is 16.0 Å². The van der Waals surface area contributed by atoms with Gasteiger partial charge < -0.3 is 37.6 Å². The lowest BCUT2D eigenvalue weighted by Gasteiger charge is -2.24. The number of nitrogens with two attached hydrogens (primary N) is 2. The molecule has 0 radical (unpaired) electrons. The van der Waals surface area contributed by atoms with Crippen molar-refractivity contribution >= 4 is 29.6 Å². The molecule has 29 heavy (non-hydrogen) atoms. The molecular weight excluding hydrogens is 386 g/mol. The van der Waals surface area contributed by atoms with E-state index in [-0.39, 0.29) is 25.2 Å². The zero-order valence-corrected chi connectivity index (χ0v) is 16.8. The zero-order valence-electron chi connectivity index (χ0n) is 16.8. The summed E-state index contributed by atoms with van der Waals surface area (Å²) >= 11 is 0. The second-order valence-corrected chi connectivity index (χ2v) is 7.14. The quantitative estimate of drug-likeness (QED) is 0.165. The molecule has 0 aliphatic heterocycles. The van der Waals surface area contributed by atoms with Gasteiger partial charge in [-0.2, -0.15) is 0 Å². The van der Waals surface area contributed by atoms with E-state index in [1.54, 1.807) is 13.8 Å². The molecule has 0 spiro atoms. The third kappa shape index (κ3) is 11.0. The van der Waals surface area contributed by atoms with Crippen molar-refractivity contribution in [3.05, 3.63) is 0 Å². The normalized spacial score (nSPS) is 15.0. The van der Waals surface area contributed by atoms with E-state index in [2.05, 4.69) is 16.0 Å². The van der Waals surface area contributed by atoms with E-state index in [4.69, 9.17) is 11.5 Å². The molecule has 4 atom stereocenters. The van der Waals surface area contributed by atoms with Gasteiger partial charge in [0.25, 0.3) is 0 Å². The van der Waals surface area contributed by atoms with Crippen LogP contribution in [0.4, 0.5) is 0 Å². The molecule has 0 aromatic rings. The van der Waals surface area contributed by atoms with Gasteiger partial charge in [0, 0.05) is 6.42 Å². The number of carbonyl (C=O) groups is 5. The first-order valence-corrected chi connectivity index (χ1v) is 9.17. The van der Waals surface area contributed by atoms with Gasteiger partial charge in [0.15, 0.2) is 0 Å². The number of aliphatic hydroxyl groups is 1. The first kappa shape index (κ1) is 26.3. The van der Waals surface area contributed by atoms with Crippen molar-refractivity contribution in [3.63, 3.8) is 0 Å². The van der Waals surface area contributed by atoms with Gasteiger partial charge in [0.05, 0.1) is 18.7 Å². The van der Waals surface area contributed by atoms with Crippen LogP contribution < -0.4 is 27.4 Å². The van der Waals surface area contributed by atoms with E-state index in [9.17, 15) is 34.2 Å². The molecule has 12 nitrogen and oxygen atoms in total. The monoisotopic (exact) mass is 417 g/mol. The lowest BCUT2D eigenvalue weighted by atomic mass is 10.0. The summed E-state index contributed by atoms with van der Waals surface area (Å²) in [6.45, 7) is 4.29. The predicted octanol–water partition coefficient (Wildman–Crippen LogP) is -2.82. The Morgan fingerprint density at radius 2 is 1.59 bits per heavy atom. The van der Waals surface area contributed by atoms with Crippen LogP contribution in [0.2, 0.25) is 0 Å². The summed E-state index contributed by atoms with van der Waals surface area (Å²) in [6.07, 6.45) is -1.23. The van der Waals surface area contributed by atoms with Gasteiger partial charge in [-0.15, -0.1) is 0 Å². The average molecular weight is 417 g/mol. The summed E-state index contributed by atoms with van der Waals surface area (Å²) < 4.78 is 0. The summed E-state index contributed by atoms with van der Waals surface area (Å²) in [5, 5.41) is 25.7. The number of hydrogen-bond acceptors (Lipinski definition) is 7. The largest absolute Gasteiger partial charge is 0.480 e. The van der Waals surface area contributed by atoms with E-state index in [0.29, 0.717) is 0 Å². The number of carbonyl (C=O) groups excluding carboxylic acids is 4. The van der Waals surface area contributed by atoms with E-state index in [0.717, 1.165) is 0 Å². The van der Waals surface area contributed by atoms with Gasteiger partial charge in [-0.1, -0.05) is 13.8 Å². The molecule has 0 aliphatic carbocycles. The Kier molecular flexibility index (Phi) is 11.5. The molecule has 0 heterocycles. The number of rotatable bonds is 13. The van der Waals surface area contributed by atoms with Crippen molar-refractivity contribution in [1.29, 1.82) is 0 Å². The molecule has 0 rings (SSSR count). The maximum absolute atomic E-state index is 12.3. The Bertz CT molecular complexity index is 609. The van der Waals surface area contributed by atoms with Crippen LogP contribution in [0, 0.1) is 5.92 Å². The Morgan fingerprint density at radius 3 is 2.03 bits per heavy atom. The van der Waals surface area contributed by atoms with E-state index >= 15 is 0 Å². The molecule has 4 unspecified atom stereocenters. The highest BCUT2D eigenvalue weighted by molar-refractivity contribution is 5.92. The molecule has 0 aromatic heterocycles. The second kappa shape index (κ2) is 12.7.